The van der Waals surface area contributed by atoms with Crippen molar-refractivity contribution in [3.63, 3.8) is 0 Å². The van der Waals surface area contributed by atoms with Crippen LogP contribution >= 0.6 is 0 Å². The standard InChI is InChI=1S/C18H26N2O2/c1-12-10-15(19)11-13(2)16(12)14-6-8-20(9-7-14)17(21)22-18(3,4)5/h6,10-11H,7-9,19H2,1-5H3. The van der Waals surface area contributed by atoms with Crippen molar-refractivity contribution < 1.29 is 9.53 Å². The van der Waals surface area contributed by atoms with E-state index < -0.39 is 5.60 Å². The van der Waals surface area contributed by atoms with Crippen molar-refractivity contribution in [2.24, 2.45) is 0 Å². The summed E-state index contributed by atoms with van der Waals surface area (Å²) in [5, 5.41) is 0. The number of aryl methyl sites for hydroxylation is 2. The summed E-state index contributed by atoms with van der Waals surface area (Å²) < 4.78 is 5.42. The molecule has 1 amide bonds. The predicted octanol–water partition coefficient (Wildman–Crippen LogP) is 3.91. The fourth-order valence-electron chi connectivity index (χ4n) is 2.89. The van der Waals surface area contributed by atoms with E-state index in [-0.39, 0.29) is 6.09 Å². The fraction of sp³-hybridized carbons (Fsp3) is 0.500. The van der Waals surface area contributed by atoms with Crippen LogP contribution < -0.4 is 5.73 Å². The van der Waals surface area contributed by atoms with Gasteiger partial charge < -0.3 is 15.4 Å². The van der Waals surface area contributed by atoms with Gasteiger partial charge in [-0.25, -0.2) is 4.79 Å². The van der Waals surface area contributed by atoms with Gasteiger partial charge in [0.15, 0.2) is 0 Å². The van der Waals surface area contributed by atoms with Gasteiger partial charge in [0.25, 0.3) is 0 Å². The summed E-state index contributed by atoms with van der Waals surface area (Å²) in [5.41, 5.74) is 11.2. The number of nitrogen functional groups attached to an aromatic ring is 1. The second-order valence-corrected chi connectivity index (χ2v) is 6.94. The number of hydrogen-bond acceptors (Lipinski definition) is 3. The number of nitrogens with zero attached hydrogens (tertiary/aromatic N) is 1. The molecule has 22 heavy (non-hydrogen) atoms. The molecule has 0 bridgehead atoms. The summed E-state index contributed by atoms with van der Waals surface area (Å²) in [6.45, 7) is 11.1. The Kier molecular flexibility index (Phi) is 4.50. The first-order chi connectivity index (χ1) is 10.2. The average Bonchev–Trinajstić information content (AvgIpc) is 2.36. The van der Waals surface area contributed by atoms with E-state index in [4.69, 9.17) is 10.5 Å². The van der Waals surface area contributed by atoms with Crippen molar-refractivity contribution in [1.82, 2.24) is 4.90 Å². The Bertz CT molecular complexity index is 589. The molecule has 0 atom stereocenters. The lowest BCUT2D eigenvalue weighted by atomic mass is 9.91. The van der Waals surface area contributed by atoms with Crippen LogP contribution in [0.3, 0.4) is 0 Å². The topological polar surface area (TPSA) is 55.6 Å². The Morgan fingerprint density at radius 1 is 1.23 bits per heavy atom. The SMILES string of the molecule is Cc1cc(N)cc(C)c1C1=CCN(C(=O)OC(C)(C)C)CC1. The molecule has 1 aromatic carbocycles. The van der Waals surface area contributed by atoms with E-state index in [2.05, 4.69) is 19.9 Å². The molecule has 0 saturated carbocycles. The van der Waals surface area contributed by atoms with Gasteiger partial charge in [-0.1, -0.05) is 6.08 Å². The minimum atomic E-state index is -0.453. The number of ether oxygens (including phenoxy) is 1. The van der Waals surface area contributed by atoms with Crippen LogP contribution in [0, 0.1) is 13.8 Å². The molecular formula is C18H26N2O2. The quantitative estimate of drug-likeness (QED) is 0.800. The number of carbonyl (C=O) groups excluding carboxylic acids is 1. The lowest BCUT2D eigenvalue weighted by Gasteiger charge is -2.30. The summed E-state index contributed by atoms with van der Waals surface area (Å²) in [5.74, 6) is 0. The number of rotatable bonds is 1. The molecule has 0 saturated heterocycles. The smallest absolute Gasteiger partial charge is 0.410 e. The fourth-order valence-corrected chi connectivity index (χ4v) is 2.89. The van der Waals surface area contributed by atoms with Crippen LogP contribution in [0.4, 0.5) is 10.5 Å². The molecule has 1 aliphatic rings. The minimum Gasteiger partial charge on any atom is -0.444 e. The lowest BCUT2D eigenvalue weighted by Crippen LogP contribution is -2.39. The van der Waals surface area contributed by atoms with E-state index in [1.165, 1.54) is 22.3 Å². The molecule has 1 heterocycles. The van der Waals surface area contributed by atoms with Gasteiger partial charge in [0.1, 0.15) is 5.60 Å². The van der Waals surface area contributed by atoms with Gasteiger partial charge in [-0.05, 0) is 75.4 Å². The molecule has 4 nitrogen and oxygen atoms in total. The largest absolute Gasteiger partial charge is 0.444 e. The molecule has 0 fully saturated rings. The molecule has 0 aromatic heterocycles. The third-order valence-electron chi connectivity index (χ3n) is 3.74. The van der Waals surface area contributed by atoms with Gasteiger partial charge in [-0.3, -0.25) is 0 Å². The highest BCUT2D eigenvalue weighted by Crippen LogP contribution is 2.30. The zero-order chi connectivity index (χ0) is 16.5. The van der Waals surface area contributed by atoms with Crippen molar-refractivity contribution in [3.8, 4) is 0 Å². The van der Waals surface area contributed by atoms with Gasteiger partial charge >= 0.3 is 6.09 Å². The predicted molar refractivity (Wildman–Crippen MR) is 90.7 cm³/mol. The van der Waals surface area contributed by atoms with Crippen LogP contribution in [0.25, 0.3) is 5.57 Å². The molecule has 0 spiro atoms. The normalized spacial score (nSPS) is 15.5. The minimum absolute atomic E-state index is 0.242. The maximum atomic E-state index is 12.1. The van der Waals surface area contributed by atoms with E-state index >= 15 is 0 Å². The first-order valence-electron chi connectivity index (χ1n) is 7.71. The summed E-state index contributed by atoms with van der Waals surface area (Å²) in [6.07, 6.45) is 2.72. The Hall–Kier alpha value is -1.97. The highest BCUT2D eigenvalue weighted by atomic mass is 16.6. The molecule has 1 aromatic rings. The van der Waals surface area contributed by atoms with Crippen molar-refractivity contribution in [2.45, 2.75) is 46.6 Å². The third-order valence-corrected chi connectivity index (χ3v) is 3.74. The van der Waals surface area contributed by atoms with E-state index in [1.807, 2.05) is 32.9 Å². The summed E-state index contributed by atoms with van der Waals surface area (Å²) in [6, 6.07) is 4.01. The highest BCUT2D eigenvalue weighted by molar-refractivity contribution is 5.76. The summed E-state index contributed by atoms with van der Waals surface area (Å²) in [7, 11) is 0. The number of hydrogen-bond donors (Lipinski definition) is 1. The van der Waals surface area contributed by atoms with Gasteiger partial charge in [-0.15, -0.1) is 0 Å². The van der Waals surface area contributed by atoms with Crippen molar-refractivity contribution in [1.29, 1.82) is 0 Å². The molecule has 2 N–H and O–H groups in total. The van der Waals surface area contributed by atoms with Gasteiger partial charge in [0, 0.05) is 18.8 Å². The molecular weight excluding hydrogens is 276 g/mol. The summed E-state index contributed by atoms with van der Waals surface area (Å²) >= 11 is 0. The Morgan fingerprint density at radius 2 is 1.82 bits per heavy atom. The summed E-state index contributed by atoms with van der Waals surface area (Å²) in [4.78, 5) is 13.8. The van der Waals surface area contributed by atoms with Gasteiger partial charge in [-0.2, -0.15) is 0 Å². The lowest BCUT2D eigenvalue weighted by molar-refractivity contribution is 0.0270. The molecule has 4 heteroatoms. The number of nitrogens with two attached hydrogens (primary N) is 1. The zero-order valence-electron chi connectivity index (χ0n) is 14.2. The average molecular weight is 302 g/mol. The molecule has 0 aliphatic carbocycles. The van der Waals surface area contributed by atoms with Crippen molar-refractivity contribution in [3.05, 3.63) is 34.9 Å². The Labute approximate surface area is 132 Å². The maximum Gasteiger partial charge on any atom is 0.410 e. The monoisotopic (exact) mass is 302 g/mol. The highest BCUT2D eigenvalue weighted by Gasteiger charge is 2.24. The molecule has 120 valence electrons. The first kappa shape index (κ1) is 16.4. The molecule has 0 radical (unpaired) electrons. The zero-order valence-corrected chi connectivity index (χ0v) is 14.2. The number of benzene rings is 1. The van der Waals surface area contributed by atoms with Crippen LogP contribution in [-0.4, -0.2) is 29.7 Å². The van der Waals surface area contributed by atoms with Crippen LogP contribution in [-0.2, 0) is 4.74 Å². The Morgan fingerprint density at radius 3 is 2.27 bits per heavy atom. The van der Waals surface area contributed by atoms with E-state index in [0.29, 0.717) is 13.1 Å². The van der Waals surface area contributed by atoms with Gasteiger partial charge in [0.05, 0.1) is 0 Å². The van der Waals surface area contributed by atoms with Crippen molar-refractivity contribution >= 4 is 17.4 Å². The second kappa shape index (κ2) is 6.03. The van der Waals surface area contributed by atoms with Crippen molar-refractivity contribution in [2.75, 3.05) is 18.8 Å². The first-order valence-corrected chi connectivity index (χ1v) is 7.71. The van der Waals surface area contributed by atoms with Gasteiger partial charge in [0.2, 0.25) is 0 Å². The molecule has 2 rings (SSSR count). The van der Waals surface area contributed by atoms with Crippen LogP contribution in [0.2, 0.25) is 0 Å². The molecule has 0 unspecified atom stereocenters. The number of anilines is 1. The number of amides is 1. The maximum absolute atomic E-state index is 12.1. The van der Waals surface area contributed by atoms with Crippen LogP contribution in [0.15, 0.2) is 18.2 Å². The van der Waals surface area contributed by atoms with E-state index in [1.54, 1.807) is 4.90 Å². The van der Waals surface area contributed by atoms with E-state index in [0.717, 1.165) is 12.1 Å². The number of carbonyl (C=O) groups is 1. The Balaban J connectivity index is 2.14. The second-order valence-electron chi connectivity index (χ2n) is 6.94. The molecule has 1 aliphatic heterocycles. The van der Waals surface area contributed by atoms with Crippen LogP contribution in [0.5, 0.6) is 0 Å². The third kappa shape index (κ3) is 3.81. The van der Waals surface area contributed by atoms with Crippen LogP contribution in [0.1, 0.15) is 43.9 Å². The van der Waals surface area contributed by atoms with E-state index in [9.17, 15) is 4.79 Å².